The first-order valence-corrected chi connectivity index (χ1v) is 7.13. The van der Waals surface area contributed by atoms with E-state index in [9.17, 15) is 8.42 Å². The molecule has 1 N–H and O–H groups in total. The number of nitrogens with one attached hydrogen (secondary N) is 1. The molecule has 0 radical (unpaired) electrons. The fraction of sp³-hybridized carbons (Fsp3) is 0.455. The maximum absolute atomic E-state index is 12.1. The maximum Gasteiger partial charge on any atom is 0.244 e. The van der Waals surface area contributed by atoms with Crippen molar-refractivity contribution in [1.29, 1.82) is 0 Å². The predicted octanol–water partition coefficient (Wildman–Crippen LogP) is 1.66. The van der Waals surface area contributed by atoms with Gasteiger partial charge in [0.15, 0.2) is 0 Å². The van der Waals surface area contributed by atoms with E-state index in [1.165, 1.54) is 32.4 Å². The second-order valence-electron chi connectivity index (χ2n) is 3.69. The summed E-state index contributed by atoms with van der Waals surface area (Å²) in [7, 11) is -0.732. The Morgan fingerprint density at radius 2 is 2.06 bits per heavy atom. The monoisotopic (exact) mass is 293 g/mol. The number of rotatable bonds is 6. The molecule has 0 saturated carbocycles. The highest BCUT2D eigenvalue weighted by molar-refractivity contribution is 7.89. The van der Waals surface area contributed by atoms with E-state index in [1.54, 1.807) is 6.92 Å². The third-order valence-corrected chi connectivity index (χ3v) is 4.08. The standard InChI is InChI=1S/C11H16ClNO4S/c1-8(16-2)7-13-18(14,15)11-5-4-9(12)6-10(11)17-3/h4-6,8,13H,7H2,1-3H3. The summed E-state index contributed by atoms with van der Waals surface area (Å²) in [6.07, 6.45) is -0.210. The fourth-order valence-electron chi connectivity index (χ4n) is 1.25. The summed E-state index contributed by atoms with van der Waals surface area (Å²) < 4.78 is 36.5. The van der Waals surface area contributed by atoms with Crippen molar-refractivity contribution in [3.8, 4) is 5.75 Å². The van der Waals surface area contributed by atoms with Crippen LogP contribution >= 0.6 is 11.6 Å². The van der Waals surface area contributed by atoms with Crippen molar-refractivity contribution in [2.45, 2.75) is 17.9 Å². The van der Waals surface area contributed by atoms with Crippen LogP contribution in [-0.4, -0.2) is 35.3 Å². The Hall–Kier alpha value is -0.820. The van der Waals surface area contributed by atoms with E-state index in [0.29, 0.717) is 5.02 Å². The van der Waals surface area contributed by atoms with Gasteiger partial charge in [-0.25, -0.2) is 13.1 Å². The zero-order valence-electron chi connectivity index (χ0n) is 10.4. The Morgan fingerprint density at radius 1 is 1.39 bits per heavy atom. The first-order valence-electron chi connectivity index (χ1n) is 5.26. The Kier molecular flexibility index (Phi) is 5.40. The molecule has 0 spiro atoms. The van der Waals surface area contributed by atoms with Gasteiger partial charge in [-0.3, -0.25) is 0 Å². The van der Waals surface area contributed by atoms with Crippen molar-refractivity contribution in [1.82, 2.24) is 4.72 Å². The molecule has 1 aromatic carbocycles. The summed E-state index contributed by atoms with van der Waals surface area (Å²) >= 11 is 5.78. The summed E-state index contributed by atoms with van der Waals surface area (Å²) in [5, 5.41) is 0.413. The Morgan fingerprint density at radius 3 is 2.61 bits per heavy atom. The van der Waals surface area contributed by atoms with Gasteiger partial charge in [0.25, 0.3) is 0 Å². The van der Waals surface area contributed by atoms with Crippen LogP contribution in [0.15, 0.2) is 23.1 Å². The molecule has 18 heavy (non-hydrogen) atoms. The van der Waals surface area contributed by atoms with Crippen molar-refractivity contribution in [2.24, 2.45) is 0 Å². The second-order valence-corrected chi connectivity index (χ2v) is 5.87. The molecule has 0 aromatic heterocycles. The molecular weight excluding hydrogens is 278 g/mol. The van der Waals surface area contributed by atoms with Gasteiger partial charge >= 0.3 is 0 Å². The first kappa shape index (κ1) is 15.2. The normalized spacial score (nSPS) is 13.3. The van der Waals surface area contributed by atoms with E-state index in [4.69, 9.17) is 21.1 Å². The number of benzene rings is 1. The van der Waals surface area contributed by atoms with E-state index >= 15 is 0 Å². The minimum Gasteiger partial charge on any atom is -0.495 e. The topological polar surface area (TPSA) is 64.6 Å². The molecule has 0 aliphatic rings. The van der Waals surface area contributed by atoms with E-state index in [0.717, 1.165) is 0 Å². The van der Waals surface area contributed by atoms with E-state index in [-0.39, 0.29) is 23.3 Å². The minimum atomic E-state index is -3.64. The van der Waals surface area contributed by atoms with Crippen LogP contribution in [0.25, 0.3) is 0 Å². The Bertz CT molecular complexity index is 504. The third kappa shape index (κ3) is 3.84. The van der Waals surface area contributed by atoms with Gasteiger partial charge in [-0.2, -0.15) is 0 Å². The minimum absolute atomic E-state index is 0.0534. The first-order chi connectivity index (χ1) is 8.40. The average Bonchev–Trinajstić information content (AvgIpc) is 2.35. The highest BCUT2D eigenvalue weighted by Gasteiger charge is 2.20. The number of hydrogen-bond donors (Lipinski definition) is 1. The van der Waals surface area contributed by atoms with Crippen LogP contribution in [0.1, 0.15) is 6.92 Å². The third-order valence-electron chi connectivity index (χ3n) is 2.38. The van der Waals surface area contributed by atoms with Crippen LogP contribution < -0.4 is 9.46 Å². The smallest absolute Gasteiger partial charge is 0.244 e. The maximum atomic E-state index is 12.1. The van der Waals surface area contributed by atoms with Crippen LogP contribution in [0, 0.1) is 0 Å². The molecule has 0 fully saturated rings. The SMILES string of the molecule is COc1cc(Cl)ccc1S(=O)(=O)NCC(C)OC. The van der Waals surface area contributed by atoms with Gasteiger partial charge < -0.3 is 9.47 Å². The number of methoxy groups -OCH3 is 2. The largest absolute Gasteiger partial charge is 0.495 e. The molecule has 102 valence electrons. The van der Waals surface area contributed by atoms with E-state index in [2.05, 4.69) is 4.72 Å². The van der Waals surface area contributed by atoms with Crippen LogP contribution in [-0.2, 0) is 14.8 Å². The van der Waals surface area contributed by atoms with Gasteiger partial charge in [0.2, 0.25) is 10.0 Å². The molecule has 0 aliphatic carbocycles. The van der Waals surface area contributed by atoms with Gasteiger partial charge in [-0.15, -0.1) is 0 Å². The molecule has 0 saturated heterocycles. The predicted molar refractivity (Wildman–Crippen MR) is 69.7 cm³/mol. The molecular formula is C11H16ClNO4S. The summed E-state index contributed by atoms with van der Waals surface area (Å²) in [6, 6.07) is 4.36. The molecule has 1 rings (SSSR count). The average molecular weight is 294 g/mol. The van der Waals surface area contributed by atoms with Crippen LogP contribution in [0.5, 0.6) is 5.75 Å². The molecule has 1 atom stereocenters. The number of hydrogen-bond acceptors (Lipinski definition) is 4. The molecule has 1 unspecified atom stereocenters. The highest BCUT2D eigenvalue weighted by atomic mass is 35.5. The highest BCUT2D eigenvalue weighted by Crippen LogP contribution is 2.26. The molecule has 0 bridgehead atoms. The van der Waals surface area contributed by atoms with Crippen molar-refractivity contribution < 1.29 is 17.9 Å². The van der Waals surface area contributed by atoms with Crippen LogP contribution in [0.2, 0.25) is 5.02 Å². The second kappa shape index (κ2) is 6.38. The summed E-state index contributed by atoms with van der Waals surface area (Å²) in [5.74, 6) is 0.208. The van der Waals surface area contributed by atoms with Gasteiger partial charge in [-0.1, -0.05) is 11.6 Å². The quantitative estimate of drug-likeness (QED) is 0.866. The summed E-state index contributed by atoms with van der Waals surface area (Å²) in [6.45, 7) is 1.95. The zero-order valence-corrected chi connectivity index (χ0v) is 12.0. The lowest BCUT2D eigenvalue weighted by molar-refractivity contribution is 0.122. The fourth-order valence-corrected chi connectivity index (χ4v) is 2.68. The van der Waals surface area contributed by atoms with Crippen molar-refractivity contribution in [3.63, 3.8) is 0 Å². The summed E-state index contributed by atoms with van der Waals surface area (Å²) in [5.41, 5.74) is 0. The number of halogens is 1. The Labute approximate surface area is 112 Å². The molecule has 7 heteroatoms. The van der Waals surface area contributed by atoms with Crippen molar-refractivity contribution in [2.75, 3.05) is 20.8 Å². The van der Waals surface area contributed by atoms with Crippen LogP contribution in [0.4, 0.5) is 0 Å². The lowest BCUT2D eigenvalue weighted by Gasteiger charge is -2.13. The molecule has 0 heterocycles. The Balaban J connectivity index is 2.98. The zero-order chi connectivity index (χ0) is 13.8. The van der Waals surface area contributed by atoms with Gasteiger partial charge in [0.1, 0.15) is 10.6 Å². The van der Waals surface area contributed by atoms with E-state index < -0.39 is 10.0 Å². The number of sulfonamides is 1. The molecule has 5 nitrogen and oxygen atoms in total. The van der Waals surface area contributed by atoms with Gasteiger partial charge in [0, 0.05) is 24.7 Å². The number of ether oxygens (including phenoxy) is 2. The lowest BCUT2D eigenvalue weighted by atomic mass is 10.3. The van der Waals surface area contributed by atoms with Gasteiger partial charge in [0.05, 0.1) is 13.2 Å². The van der Waals surface area contributed by atoms with Crippen LogP contribution in [0.3, 0.4) is 0 Å². The van der Waals surface area contributed by atoms with Gasteiger partial charge in [-0.05, 0) is 19.1 Å². The van der Waals surface area contributed by atoms with E-state index in [1.807, 2.05) is 0 Å². The molecule has 0 aliphatic heterocycles. The lowest BCUT2D eigenvalue weighted by Crippen LogP contribution is -2.31. The summed E-state index contributed by atoms with van der Waals surface area (Å²) in [4.78, 5) is 0.0534. The van der Waals surface area contributed by atoms with Crippen molar-refractivity contribution in [3.05, 3.63) is 23.2 Å². The molecule has 0 amide bonds. The van der Waals surface area contributed by atoms with Crippen molar-refractivity contribution >= 4 is 21.6 Å². The molecule has 1 aromatic rings.